The van der Waals surface area contributed by atoms with Crippen LogP contribution in [0.4, 0.5) is 17.1 Å². The van der Waals surface area contributed by atoms with Crippen LogP contribution in [0, 0.1) is 0 Å². The monoisotopic (exact) mass is 537 g/mol. The van der Waals surface area contributed by atoms with Gasteiger partial charge in [0.2, 0.25) is 0 Å². The summed E-state index contributed by atoms with van der Waals surface area (Å²) in [7, 11) is 0. The fourth-order valence-electron chi connectivity index (χ4n) is 3.60. The van der Waals surface area contributed by atoms with Gasteiger partial charge in [-0.15, -0.1) is 0 Å². The molecule has 1 aliphatic rings. The molecule has 1 aliphatic heterocycles. The SMILES string of the molecule is CCCOC(=O)c1ccccc1N1C(=O)C(Cl)=C(Nc2cccc(C(=O)Nc3cccc(Cl)c3)c2)C1=O. The third-order valence-electron chi connectivity index (χ3n) is 5.31. The van der Waals surface area contributed by atoms with Crippen LogP contribution in [0.2, 0.25) is 5.02 Å². The Hall–Kier alpha value is -4.14. The molecule has 10 heteroatoms. The quantitative estimate of drug-likeness (QED) is 0.286. The van der Waals surface area contributed by atoms with E-state index in [9.17, 15) is 19.2 Å². The first kappa shape index (κ1) is 25.9. The van der Waals surface area contributed by atoms with Crippen LogP contribution in [0.15, 0.2) is 83.5 Å². The van der Waals surface area contributed by atoms with E-state index in [-0.39, 0.29) is 28.6 Å². The Morgan fingerprint density at radius 1 is 0.892 bits per heavy atom. The van der Waals surface area contributed by atoms with Crippen molar-refractivity contribution in [3.8, 4) is 0 Å². The zero-order valence-corrected chi connectivity index (χ0v) is 21.1. The predicted octanol–water partition coefficient (Wildman–Crippen LogP) is 5.59. The van der Waals surface area contributed by atoms with Crippen LogP contribution in [-0.4, -0.2) is 30.3 Å². The minimum atomic E-state index is -0.792. The first-order valence-electron chi connectivity index (χ1n) is 11.3. The molecular formula is C27H21Cl2N3O5. The van der Waals surface area contributed by atoms with Crippen molar-refractivity contribution in [1.29, 1.82) is 0 Å². The predicted molar refractivity (Wildman–Crippen MR) is 142 cm³/mol. The van der Waals surface area contributed by atoms with Gasteiger partial charge in [0.25, 0.3) is 17.7 Å². The minimum Gasteiger partial charge on any atom is -0.462 e. The summed E-state index contributed by atoms with van der Waals surface area (Å²) in [6, 6.07) is 19.2. The van der Waals surface area contributed by atoms with Crippen LogP contribution in [0.3, 0.4) is 0 Å². The lowest BCUT2D eigenvalue weighted by atomic mass is 10.1. The van der Waals surface area contributed by atoms with Crippen LogP contribution >= 0.6 is 23.2 Å². The van der Waals surface area contributed by atoms with E-state index < -0.39 is 23.7 Å². The van der Waals surface area contributed by atoms with Gasteiger partial charge < -0.3 is 15.4 Å². The third-order valence-corrected chi connectivity index (χ3v) is 5.89. The molecule has 4 rings (SSSR count). The van der Waals surface area contributed by atoms with E-state index in [1.165, 1.54) is 18.2 Å². The second-order valence-corrected chi connectivity index (χ2v) is 8.77. The van der Waals surface area contributed by atoms with Crippen LogP contribution in [0.25, 0.3) is 0 Å². The zero-order chi connectivity index (χ0) is 26.5. The van der Waals surface area contributed by atoms with Gasteiger partial charge in [-0.25, -0.2) is 9.69 Å². The van der Waals surface area contributed by atoms with E-state index >= 15 is 0 Å². The Kier molecular flexibility index (Phi) is 7.91. The van der Waals surface area contributed by atoms with Crippen LogP contribution in [0.1, 0.15) is 34.1 Å². The molecular weight excluding hydrogens is 517 g/mol. The van der Waals surface area contributed by atoms with Gasteiger partial charge in [0.05, 0.1) is 17.9 Å². The van der Waals surface area contributed by atoms with Crippen molar-refractivity contribution in [3.63, 3.8) is 0 Å². The summed E-state index contributed by atoms with van der Waals surface area (Å²) in [6.07, 6.45) is 0.618. The number of hydrogen-bond acceptors (Lipinski definition) is 6. The standard InChI is InChI=1S/C27H21Cl2N3O5/c1-2-13-37-27(36)20-11-3-4-12-21(20)32-25(34)22(29)23(26(32)35)30-18-9-5-7-16(14-18)24(33)31-19-10-6-8-17(28)15-19/h3-12,14-15,30H,2,13H2,1H3,(H,31,33). The number of rotatable bonds is 8. The van der Waals surface area contributed by atoms with Gasteiger partial charge in [-0.2, -0.15) is 0 Å². The van der Waals surface area contributed by atoms with Gasteiger partial charge in [-0.1, -0.05) is 54.4 Å². The summed E-state index contributed by atoms with van der Waals surface area (Å²) in [5, 5.41) is 5.71. The second kappa shape index (κ2) is 11.3. The molecule has 8 nitrogen and oxygen atoms in total. The Balaban J connectivity index is 1.55. The molecule has 37 heavy (non-hydrogen) atoms. The molecule has 188 valence electrons. The normalized spacial score (nSPS) is 13.1. The Bertz CT molecular complexity index is 1440. The average Bonchev–Trinajstić information content (AvgIpc) is 3.10. The molecule has 0 bridgehead atoms. The van der Waals surface area contributed by atoms with Crippen LogP contribution in [-0.2, 0) is 14.3 Å². The number of benzene rings is 3. The largest absolute Gasteiger partial charge is 0.462 e. The highest BCUT2D eigenvalue weighted by atomic mass is 35.5. The number of imide groups is 1. The maximum Gasteiger partial charge on any atom is 0.340 e. The molecule has 0 saturated heterocycles. The summed E-state index contributed by atoms with van der Waals surface area (Å²) in [5.74, 6) is -2.60. The fourth-order valence-corrected chi connectivity index (χ4v) is 4.00. The number of esters is 1. The highest BCUT2D eigenvalue weighted by Crippen LogP contribution is 2.32. The van der Waals surface area contributed by atoms with E-state index in [1.54, 1.807) is 54.6 Å². The zero-order valence-electron chi connectivity index (χ0n) is 19.6. The van der Waals surface area contributed by atoms with Gasteiger partial charge in [0.1, 0.15) is 10.7 Å². The Morgan fingerprint density at radius 2 is 1.62 bits per heavy atom. The van der Waals surface area contributed by atoms with Crippen molar-refractivity contribution in [2.24, 2.45) is 0 Å². The number of nitrogens with zero attached hydrogens (tertiary/aromatic N) is 1. The minimum absolute atomic E-state index is 0.0584. The number of halogens is 2. The topological polar surface area (TPSA) is 105 Å². The summed E-state index contributed by atoms with van der Waals surface area (Å²) < 4.78 is 5.19. The first-order chi connectivity index (χ1) is 17.8. The van der Waals surface area contributed by atoms with Gasteiger partial charge in [0.15, 0.2) is 0 Å². The second-order valence-electron chi connectivity index (χ2n) is 7.96. The number of para-hydroxylation sites is 1. The average molecular weight is 538 g/mol. The van der Waals surface area contributed by atoms with Crippen molar-refractivity contribution in [2.75, 3.05) is 22.1 Å². The lowest BCUT2D eigenvalue weighted by molar-refractivity contribution is -0.120. The summed E-state index contributed by atoms with van der Waals surface area (Å²) in [6.45, 7) is 2.05. The molecule has 0 radical (unpaired) electrons. The lowest BCUT2D eigenvalue weighted by Crippen LogP contribution is -2.33. The Morgan fingerprint density at radius 3 is 2.38 bits per heavy atom. The van der Waals surface area contributed by atoms with Crippen molar-refractivity contribution >= 4 is 64.0 Å². The highest BCUT2D eigenvalue weighted by molar-refractivity contribution is 6.53. The lowest BCUT2D eigenvalue weighted by Gasteiger charge is -2.18. The third kappa shape index (κ3) is 5.66. The molecule has 3 aromatic rings. The number of nitrogens with one attached hydrogen (secondary N) is 2. The molecule has 3 aromatic carbocycles. The number of carbonyl (C=O) groups is 4. The van der Waals surface area contributed by atoms with Crippen LogP contribution < -0.4 is 15.5 Å². The Labute approximate surface area is 222 Å². The molecule has 0 atom stereocenters. The van der Waals surface area contributed by atoms with Gasteiger partial charge in [0, 0.05) is 22.0 Å². The van der Waals surface area contributed by atoms with Crippen LogP contribution in [0.5, 0.6) is 0 Å². The van der Waals surface area contributed by atoms with E-state index in [1.807, 2.05) is 6.92 Å². The van der Waals surface area contributed by atoms with Crippen molar-refractivity contribution in [3.05, 3.63) is 99.7 Å². The highest BCUT2D eigenvalue weighted by Gasteiger charge is 2.40. The number of anilines is 3. The number of ether oxygens (including phenoxy) is 1. The molecule has 0 fully saturated rings. The van der Waals surface area contributed by atoms with Gasteiger partial charge >= 0.3 is 5.97 Å². The number of carbonyl (C=O) groups excluding carboxylic acids is 4. The molecule has 0 spiro atoms. The van der Waals surface area contributed by atoms with Crippen molar-refractivity contribution < 1.29 is 23.9 Å². The molecule has 0 unspecified atom stereocenters. The fraction of sp³-hybridized carbons (Fsp3) is 0.111. The smallest absolute Gasteiger partial charge is 0.340 e. The van der Waals surface area contributed by atoms with Gasteiger partial charge in [-0.05, 0) is 55.0 Å². The van der Waals surface area contributed by atoms with Crippen molar-refractivity contribution in [2.45, 2.75) is 13.3 Å². The summed E-state index contributed by atoms with van der Waals surface area (Å²) >= 11 is 12.2. The molecule has 0 saturated carbocycles. The first-order valence-corrected chi connectivity index (χ1v) is 12.0. The van der Waals surface area contributed by atoms with E-state index in [0.717, 1.165) is 4.90 Å². The van der Waals surface area contributed by atoms with E-state index in [4.69, 9.17) is 27.9 Å². The van der Waals surface area contributed by atoms with E-state index in [2.05, 4.69) is 10.6 Å². The van der Waals surface area contributed by atoms with Crippen molar-refractivity contribution in [1.82, 2.24) is 0 Å². The van der Waals surface area contributed by atoms with Gasteiger partial charge in [-0.3, -0.25) is 14.4 Å². The molecule has 0 aliphatic carbocycles. The summed E-state index contributed by atoms with van der Waals surface area (Å²) in [4.78, 5) is 52.3. The maximum absolute atomic E-state index is 13.3. The number of hydrogen-bond donors (Lipinski definition) is 2. The maximum atomic E-state index is 13.3. The molecule has 1 heterocycles. The van der Waals surface area contributed by atoms with E-state index in [0.29, 0.717) is 28.4 Å². The summed E-state index contributed by atoms with van der Waals surface area (Å²) in [5.41, 5.74) is 1.09. The number of amides is 3. The molecule has 3 amide bonds. The molecule has 2 N–H and O–H groups in total. The molecule has 0 aromatic heterocycles.